The van der Waals surface area contributed by atoms with Crippen molar-refractivity contribution >= 4 is 5.91 Å². The third-order valence-electron chi connectivity index (χ3n) is 24.2. The van der Waals surface area contributed by atoms with Crippen molar-refractivity contribution in [1.82, 2.24) is 5.32 Å². The fourth-order valence-electron chi connectivity index (χ4n) is 16.7. The Morgan fingerprint density at radius 3 is 0.791 bits per heavy atom. The Hall–Kier alpha value is -1.21. The fraction of sp³-hybridized carbons (Fsp3) is 0.989. The number of carbonyl (C=O) groups excluding carboxylic acids is 1. The van der Waals surface area contributed by atoms with Crippen molar-refractivity contribution in [3.05, 3.63) is 0 Å². The summed E-state index contributed by atoms with van der Waals surface area (Å²) >= 11 is 0. The second-order valence-corrected chi connectivity index (χ2v) is 34.2. The molecule has 654 valence electrons. The quantitative estimate of drug-likeness (QED) is 0.0252. The summed E-state index contributed by atoms with van der Waals surface area (Å²) in [7, 11) is 0. The lowest BCUT2D eigenvalue weighted by Crippen LogP contribution is -2.66. The highest BCUT2D eigenvalue weighted by Crippen LogP contribution is 2.34. The number of aliphatic hydroxyl groups excluding tert-OH is 11. The molecule has 1 amide bonds. The molecule has 0 aliphatic carbocycles. The van der Waals surface area contributed by atoms with E-state index in [4.69, 9.17) is 28.4 Å². The van der Waals surface area contributed by atoms with E-state index in [0.717, 1.165) is 44.9 Å². The third kappa shape index (κ3) is 49.9. The van der Waals surface area contributed by atoms with Gasteiger partial charge in [-0.25, -0.2) is 0 Å². The molecule has 0 aromatic carbocycles. The van der Waals surface area contributed by atoms with Gasteiger partial charge in [-0.15, -0.1) is 0 Å². The molecule has 12 N–H and O–H groups in total. The summed E-state index contributed by atoms with van der Waals surface area (Å²) in [6.07, 6.45) is 60.9. The van der Waals surface area contributed by atoms with Gasteiger partial charge in [-0.3, -0.25) is 4.79 Å². The molecule has 0 saturated carbocycles. The first-order chi connectivity index (χ1) is 53.8. The second kappa shape index (κ2) is 71.9. The number of amides is 1. The number of hydrogen-bond donors (Lipinski definition) is 12. The van der Waals surface area contributed by atoms with Crippen LogP contribution >= 0.6 is 0 Å². The predicted octanol–water partition coefficient (Wildman–Crippen LogP) is 18.5. The molecule has 110 heavy (non-hydrogen) atoms. The first-order valence-corrected chi connectivity index (χ1v) is 47.3. The Bertz CT molecular complexity index is 1980. The monoisotopic (exact) mass is 1570 g/mol. The number of carbonyl (C=O) groups is 1. The average molecular weight is 1570 g/mol. The summed E-state index contributed by atoms with van der Waals surface area (Å²) < 4.78 is 34.6. The van der Waals surface area contributed by atoms with Crippen molar-refractivity contribution in [2.75, 3.05) is 26.4 Å². The van der Waals surface area contributed by atoms with E-state index in [1.807, 2.05) is 0 Å². The van der Waals surface area contributed by atoms with E-state index < -0.39 is 124 Å². The van der Waals surface area contributed by atoms with E-state index in [1.165, 1.54) is 366 Å². The van der Waals surface area contributed by atoms with Crippen LogP contribution in [0, 0.1) is 0 Å². The minimum absolute atomic E-state index is 0.230. The van der Waals surface area contributed by atoms with Crippen molar-refractivity contribution in [3.8, 4) is 0 Å². The first-order valence-electron chi connectivity index (χ1n) is 47.3. The molecule has 0 aromatic rings. The van der Waals surface area contributed by atoms with Crippen molar-refractivity contribution in [2.45, 2.75) is 548 Å². The lowest BCUT2D eigenvalue weighted by Gasteiger charge is -2.48. The lowest BCUT2D eigenvalue weighted by molar-refractivity contribution is -0.379. The van der Waals surface area contributed by atoms with Gasteiger partial charge in [0.2, 0.25) is 5.91 Å². The maximum absolute atomic E-state index is 13.6. The molecule has 19 heteroatoms. The molecule has 17 atom stereocenters. The van der Waals surface area contributed by atoms with E-state index in [9.17, 15) is 61.0 Å². The van der Waals surface area contributed by atoms with Crippen LogP contribution in [-0.2, 0) is 33.2 Å². The molecule has 17 unspecified atom stereocenters. The van der Waals surface area contributed by atoms with Crippen LogP contribution in [-0.4, -0.2) is 193 Å². The van der Waals surface area contributed by atoms with Crippen molar-refractivity contribution in [2.24, 2.45) is 0 Å². The summed E-state index contributed by atoms with van der Waals surface area (Å²) in [6, 6.07) is -0.885. The predicted molar refractivity (Wildman–Crippen MR) is 444 cm³/mol. The van der Waals surface area contributed by atoms with Crippen LogP contribution in [0.15, 0.2) is 0 Å². The van der Waals surface area contributed by atoms with E-state index >= 15 is 0 Å². The highest BCUT2D eigenvalue weighted by molar-refractivity contribution is 5.76. The van der Waals surface area contributed by atoms with Crippen LogP contribution < -0.4 is 5.32 Å². The third-order valence-corrected chi connectivity index (χ3v) is 24.2. The standard InChI is InChI=1S/C91H177NO18/c1-3-5-7-9-11-13-15-17-19-21-23-25-27-29-31-33-34-35-36-37-38-39-41-43-45-47-49-51-53-55-57-59-61-63-65-67-69-79(97)92-74(75(96)68-66-64-62-60-58-56-54-52-50-48-46-44-42-40-32-30-28-26-24-22-20-18-16-14-12-10-8-6-4-2)73-105-89-85(103)82(100)87(77(71-94)107-89)110-91-86(104)83(101)88(78(72-95)108-91)109-90-84(102)81(99)80(98)76(70-93)106-90/h74-78,80-91,93-96,98-104H,3-73H2,1-2H3,(H,92,97). The molecule has 3 fully saturated rings. The number of ether oxygens (including phenoxy) is 6. The zero-order chi connectivity index (χ0) is 79.5. The lowest BCUT2D eigenvalue weighted by atomic mass is 9.96. The van der Waals surface area contributed by atoms with Crippen LogP contribution in [0.3, 0.4) is 0 Å². The number of unbranched alkanes of at least 4 members (excludes halogenated alkanes) is 63. The molecular formula is C91H177NO18. The number of hydrogen-bond acceptors (Lipinski definition) is 18. The Morgan fingerprint density at radius 2 is 0.518 bits per heavy atom. The maximum Gasteiger partial charge on any atom is 0.220 e. The SMILES string of the molecule is CCCCCCCCCCCCCCCCCCCCCCCCCCCCCCCCCCCCCCC(=O)NC(COC1OC(CO)C(OC2OC(CO)C(OC3OC(CO)C(O)C(O)C3O)C(O)C2O)C(O)C1O)C(O)CCCCCCCCCCCCCCCCCCCCCCCCCCCCCCC. The number of aliphatic hydroxyl groups is 11. The molecular weight excluding hydrogens is 1390 g/mol. The summed E-state index contributed by atoms with van der Waals surface area (Å²) in [5.41, 5.74) is 0. The van der Waals surface area contributed by atoms with Gasteiger partial charge in [0.1, 0.15) is 73.2 Å². The van der Waals surface area contributed by atoms with E-state index in [0.29, 0.717) is 12.8 Å². The molecule has 3 aliphatic rings. The van der Waals surface area contributed by atoms with Gasteiger partial charge in [0.25, 0.3) is 0 Å². The maximum atomic E-state index is 13.6. The second-order valence-electron chi connectivity index (χ2n) is 34.2. The van der Waals surface area contributed by atoms with Gasteiger partial charge in [0.05, 0.1) is 38.6 Å². The summed E-state index contributed by atoms with van der Waals surface area (Å²) in [4.78, 5) is 13.6. The smallest absolute Gasteiger partial charge is 0.220 e. The topological polar surface area (TPSA) is 307 Å². The molecule has 3 aliphatic heterocycles. The Morgan fingerprint density at radius 1 is 0.291 bits per heavy atom. The molecule has 0 bridgehead atoms. The van der Waals surface area contributed by atoms with E-state index in [1.54, 1.807) is 0 Å². The van der Waals surface area contributed by atoms with E-state index in [-0.39, 0.29) is 18.9 Å². The van der Waals surface area contributed by atoms with Gasteiger partial charge < -0.3 is 89.9 Å². The molecule has 0 aromatic heterocycles. The minimum atomic E-state index is -1.97. The highest BCUT2D eigenvalue weighted by atomic mass is 16.8. The van der Waals surface area contributed by atoms with Crippen LogP contribution in [0.4, 0.5) is 0 Å². The van der Waals surface area contributed by atoms with Gasteiger partial charge in [-0.05, 0) is 12.8 Å². The summed E-state index contributed by atoms with van der Waals surface area (Å²) in [5.74, 6) is -0.230. The van der Waals surface area contributed by atoms with Crippen LogP contribution in [0.2, 0.25) is 0 Å². The largest absolute Gasteiger partial charge is 0.394 e. The van der Waals surface area contributed by atoms with Gasteiger partial charge in [0, 0.05) is 6.42 Å². The zero-order valence-corrected chi connectivity index (χ0v) is 70.8. The normalized spacial score (nSPS) is 25.0. The molecule has 0 spiro atoms. The average Bonchev–Trinajstić information content (AvgIpc) is 0.771. The van der Waals surface area contributed by atoms with Crippen molar-refractivity contribution in [1.29, 1.82) is 0 Å². The van der Waals surface area contributed by atoms with Crippen LogP contribution in [0.25, 0.3) is 0 Å². The highest BCUT2D eigenvalue weighted by Gasteiger charge is 2.54. The van der Waals surface area contributed by atoms with Crippen molar-refractivity contribution in [3.63, 3.8) is 0 Å². The Labute approximate surface area is 672 Å². The Kier molecular flexibility index (Phi) is 67.3. The fourth-order valence-corrected chi connectivity index (χ4v) is 16.7. The molecule has 3 saturated heterocycles. The summed E-state index contributed by atoms with van der Waals surface area (Å²) in [6.45, 7) is 1.90. The van der Waals surface area contributed by atoms with Crippen LogP contribution in [0.5, 0.6) is 0 Å². The van der Waals surface area contributed by atoms with Gasteiger partial charge in [-0.1, -0.05) is 425 Å². The minimum Gasteiger partial charge on any atom is -0.394 e. The van der Waals surface area contributed by atoms with Crippen molar-refractivity contribution < 1.29 is 89.4 Å². The zero-order valence-electron chi connectivity index (χ0n) is 70.8. The van der Waals surface area contributed by atoms with Gasteiger partial charge in [-0.2, -0.15) is 0 Å². The molecule has 3 rings (SSSR count). The van der Waals surface area contributed by atoms with Gasteiger partial charge in [0.15, 0.2) is 18.9 Å². The van der Waals surface area contributed by atoms with E-state index in [2.05, 4.69) is 19.2 Å². The van der Waals surface area contributed by atoms with Gasteiger partial charge >= 0.3 is 0 Å². The molecule has 0 radical (unpaired) electrons. The number of rotatable bonds is 79. The molecule has 3 heterocycles. The van der Waals surface area contributed by atoms with Crippen LogP contribution in [0.1, 0.15) is 444 Å². The summed E-state index contributed by atoms with van der Waals surface area (Å²) in [5, 5.41) is 121. The first kappa shape index (κ1) is 103. The molecule has 19 nitrogen and oxygen atoms in total. The Balaban J connectivity index is 1.29. The number of nitrogens with one attached hydrogen (secondary N) is 1.